The van der Waals surface area contributed by atoms with Crippen molar-refractivity contribution >= 4 is 16.8 Å². The summed E-state index contributed by atoms with van der Waals surface area (Å²) in [6, 6.07) is 10.1. The average Bonchev–Trinajstić information content (AvgIpc) is 3.22. The number of aromatic nitrogens is 1. The highest BCUT2D eigenvalue weighted by Crippen LogP contribution is 2.28. The number of rotatable bonds is 2. The van der Waals surface area contributed by atoms with Crippen LogP contribution in [0.1, 0.15) is 50.5 Å². The molecular formula is C22H24N2O2. The highest BCUT2D eigenvalue weighted by Gasteiger charge is 2.35. The van der Waals surface area contributed by atoms with Crippen LogP contribution >= 0.6 is 0 Å². The van der Waals surface area contributed by atoms with Gasteiger partial charge in [-0.15, -0.1) is 0 Å². The van der Waals surface area contributed by atoms with E-state index in [1.165, 1.54) is 6.42 Å². The number of pyridine rings is 1. The normalized spacial score (nSPS) is 21.8. The third kappa shape index (κ3) is 3.73. The van der Waals surface area contributed by atoms with Gasteiger partial charge in [-0.05, 0) is 37.8 Å². The fourth-order valence-electron chi connectivity index (χ4n) is 3.87. The van der Waals surface area contributed by atoms with E-state index in [1.54, 1.807) is 0 Å². The topological polar surface area (TPSA) is 51.2 Å². The Morgan fingerprint density at radius 3 is 2.85 bits per heavy atom. The second-order valence-electron chi connectivity index (χ2n) is 7.30. The van der Waals surface area contributed by atoms with E-state index in [0.717, 1.165) is 55.0 Å². The van der Waals surface area contributed by atoms with E-state index in [0.29, 0.717) is 6.61 Å². The molecule has 4 heteroatoms. The van der Waals surface area contributed by atoms with Crippen LogP contribution < -0.4 is 5.32 Å². The van der Waals surface area contributed by atoms with Crippen LogP contribution in [0.5, 0.6) is 0 Å². The standard InChI is InChI=1S/C22H24N2O2/c25-21(20-9-6-14-26-20)24-22(11-4-1-5-12-22)13-10-17-15-18-7-2-3-8-19(18)23-16-17/h2-3,7-8,15-16,20H,1,4-6,9,11-12,14H2,(H,24,25). The first-order chi connectivity index (χ1) is 12.7. The molecule has 4 nitrogen and oxygen atoms in total. The van der Waals surface area contributed by atoms with Gasteiger partial charge in [-0.25, -0.2) is 0 Å². The maximum Gasteiger partial charge on any atom is 0.250 e. The molecular weight excluding hydrogens is 324 g/mol. The zero-order chi connectivity index (χ0) is 17.8. The third-order valence-electron chi connectivity index (χ3n) is 5.33. The lowest BCUT2D eigenvalue weighted by Gasteiger charge is -2.34. The predicted octanol–water partition coefficient (Wildman–Crippen LogP) is 3.58. The van der Waals surface area contributed by atoms with Crippen LogP contribution in [0.2, 0.25) is 0 Å². The second kappa shape index (κ2) is 7.47. The summed E-state index contributed by atoms with van der Waals surface area (Å²) in [7, 11) is 0. The van der Waals surface area contributed by atoms with Gasteiger partial charge < -0.3 is 10.1 Å². The van der Waals surface area contributed by atoms with E-state index in [1.807, 2.05) is 30.5 Å². The molecule has 1 amide bonds. The maximum absolute atomic E-state index is 12.6. The molecule has 1 aliphatic carbocycles. The molecule has 0 radical (unpaired) electrons. The molecule has 1 aromatic heterocycles. The van der Waals surface area contributed by atoms with Gasteiger partial charge in [0.2, 0.25) is 5.91 Å². The van der Waals surface area contributed by atoms with Gasteiger partial charge in [0, 0.05) is 23.8 Å². The zero-order valence-electron chi connectivity index (χ0n) is 15.0. The number of carbonyl (C=O) groups excluding carboxylic acids is 1. The molecule has 1 atom stereocenters. The third-order valence-corrected chi connectivity index (χ3v) is 5.33. The summed E-state index contributed by atoms with van der Waals surface area (Å²) in [5, 5.41) is 4.31. The number of carbonyl (C=O) groups is 1. The molecule has 1 aromatic carbocycles. The quantitative estimate of drug-likeness (QED) is 0.844. The lowest BCUT2D eigenvalue weighted by molar-refractivity contribution is -0.131. The Balaban J connectivity index is 1.58. The summed E-state index contributed by atoms with van der Waals surface area (Å²) >= 11 is 0. The van der Waals surface area contributed by atoms with Gasteiger partial charge in [0.05, 0.1) is 5.52 Å². The molecule has 2 aliphatic rings. The average molecular weight is 348 g/mol. The Bertz CT molecular complexity index is 853. The molecule has 0 bridgehead atoms. The van der Waals surface area contributed by atoms with E-state index in [4.69, 9.17) is 4.74 Å². The molecule has 1 unspecified atom stereocenters. The smallest absolute Gasteiger partial charge is 0.250 e. The number of amides is 1. The molecule has 1 aliphatic heterocycles. The molecule has 2 fully saturated rings. The molecule has 1 saturated heterocycles. The first-order valence-corrected chi connectivity index (χ1v) is 9.56. The Kier molecular flexibility index (Phi) is 4.90. The van der Waals surface area contributed by atoms with Crippen molar-refractivity contribution in [3.05, 3.63) is 42.1 Å². The number of ether oxygens (including phenoxy) is 1. The van der Waals surface area contributed by atoms with Crippen molar-refractivity contribution in [3.8, 4) is 11.8 Å². The number of hydrogen-bond donors (Lipinski definition) is 1. The molecule has 26 heavy (non-hydrogen) atoms. The Labute approximate surface area is 154 Å². The van der Waals surface area contributed by atoms with Crippen molar-refractivity contribution in [2.24, 2.45) is 0 Å². The zero-order valence-corrected chi connectivity index (χ0v) is 15.0. The summed E-state index contributed by atoms with van der Waals surface area (Å²) in [6.45, 7) is 0.680. The molecule has 2 heterocycles. The van der Waals surface area contributed by atoms with Crippen LogP contribution in [-0.4, -0.2) is 29.1 Å². The summed E-state index contributed by atoms with van der Waals surface area (Å²) in [5.41, 5.74) is 1.42. The van der Waals surface area contributed by atoms with E-state index >= 15 is 0 Å². The fraction of sp³-hybridized carbons (Fsp3) is 0.455. The van der Waals surface area contributed by atoms with Gasteiger partial charge in [0.15, 0.2) is 0 Å². The molecule has 0 spiro atoms. The van der Waals surface area contributed by atoms with E-state index in [2.05, 4.69) is 28.2 Å². The van der Waals surface area contributed by atoms with Gasteiger partial charge in [0.1, 0.15) is 11.6 Å². The predicted molar refractivity (Wildman–Crippen MR) is 102 cm³/mol. The number of benzene rings is 1. The second-order valence-corrected chi connectivity index (χ2v) is 7.30. The van der Waals surface area contributed by atoms with Gasteiger partial charge in [-0.3, -0.25) is 9.78 Å². The number of hydrogen-bond acceptors (Lipinski definition) is 3. The van der Waals surface area contributed by atoms with Crippen LogP contribution in [0, 0.1) is 11.8 Å². The SMILES string of the molecule is O=C(NC1(C#Cc2cnc3ccccc3c2)CCCCC1)C1CCCO1. The van der Waals surface area contributed by atoms with Crippen molar-refractivity contribution < 1.29 is 9.53 Å². The summed E-state index contributed by atoms with van der Waals surface area (Å²) in [4.78, 5) is 17.1. The van der Waals surface area contributed by atoms with Crippen LogP contribution in [-0.2, 0) is 9.53 Å². The van der Waals surface area contributed by atoms with E-state index in [9.17, 15) is 4.79 Å². The van der Waals surface area contributed by atoms with Crippen molar-refractivity contribution in [3.63, 3.8) is 0 Å². The lowest BCUT2D eigenvalue weighted by Crippen LogP contribution is -2.52. The Morgan fingerprint density at radius 2 is 2.04 bits per heavy atom. The van der Waals surface area contributed by atoms with Gasteiger partial charge in [0.25, 0.3) is 0 Å². The van der Waals surface area contributed by atoms with Gasteiger partial charge >= 0.3 is 0 Å². The van der Waals surface area contributed by atoms with Crippen molar-refractivity contribution in [2.45, 2.75) is 56.6 Å². The Hall–Kier alpha value is -2.38. The molecule has 4 rings (SSSR count). The minimum absolute atomic E-state index is 0.00432. The highest BCUT2D eigenvalue weighted by atomic mass is 16.5. The van der Waals surface area contributed by atoms with Crippen LogP contribution in [0.15, 0.2) is 36.5 Å². The van der Waals surface area contributed by atoms with Crippen LogP contribution in [0.25, 0.3) is 10.9 Å². The molecule has 1 N–H and O–H groups in total. The van der Waals surface area contributed by atoms with Gasteiger partial charge in [-0.2, -0.15) is 0 Å². The minimum atomic E-state index is -0.438. The van der Waals surface area contributed by atoms with Crippen molar-refractivity contribution in [2.75, 3.05) is 6.61 Å². The number of nitrogens with zero attached hydrogens (tertiary/aromatic N) is 1. The minimum Gasteiger partial charge on any atom is -0.368 e. The van der Waals surface area contributed by atoms with Crippen LogP contribution in [0.3, 0.4) is 0 Å². The monoisotopic (exact) mass is 348 g/mol. The first kappa shape index (κ1) is 17.1. The Morgan fingerprint density at radius 1 is 1.19 bits per heavy atom. The first-order valence-electron chi connectivity index (χ1n) is 9.56. The summed E-state index contributed by atoms with van der Waals surface area (Å²) in [6.07, 6.45) is 8.47. The highest BCUT2D eigenvalue weighted by molar-refractivity contribution is 5.82. The van der Waals surface area contributed by atoms with E-state index in [-0.39, 0.29) is 12.0 Å². The fourth-order valence-corrected chi connectivity index (χ4v) is 3.87. The number of para-hydroxylation sites is 1. The van der Waals surface area contributed by atoms with Crippen molar-refractivity contribution in [1.82, 2.24) is 10.3 Å². The largest absolute Gasteiger partial charge is 0.368 e. The number of fused-ring (bicyclic) bond motifs is 1. The van der Waals surface area contributed by atoms with Gasteiger partial charge in [-0.1, -0.05) is 49.3 Å². The van der Waals surface area contributed by atoms with Crippen LogP contribution in [0.4, 0.5) is 0 Å². The summed E-state index contributed by atoms with van der Waals surface area (Å²) < 4.78 is 5.54. The molecule has 134 valence electrons. The number of nitrogens with one attached hydrogen (secondary N) is 1. The molecule has 1 saturated carbocycles. The maximum atomic E-state index is 12.6. The van der Waals surface area contributed by atoms with Crippen molar-refractivity contribution in [1.29, 1.82) is 0 Å². The summed E-state index contributed by atoms with van der Waals surface area (Å²) in [5.74, 6) is 6.66. The molecule has 2 aromatic rings. The lowest BCUT2D eigenvalue weighted by atomic mass is 9.81. The van der Waals surface area contributed by atoms with E-state index < -0.39 is 5.54 Å².